The first-order chi connectivity index (χ1) is 11.7. The van der Waals surface area contributed by atoms with Crippen LogP contribution in [0.2, 0.25) is 0 Å². The highest BCUT2D eigenvalue weighted by Crippen LogP contribution is 2.24. The highest BCUT2D eigenvalue weighted by Gasteiger charge is 2.09. The van der Waals surface area contributed by atoms with Crippen LogP contribution in [0.25, 0.3) is 11.1 Å². The Hall–Kier alpha value is -2.60. The van der Waals surface area contributed by atoms with Crippen molar-refractivity contribution in [3.63, 3.8) is 0 Å². The van der Waals surface area contributed by atoms with Crippen molar-refractivity contribution < 1.29 is 4.79 Å². The van der Waals surface area contributed by atoms with Gasteiger partial charge in [0.05, 0.1) is 6.33 Å². The smallest absolute Gasteiger partial charge is 0.321 e. The molecule has 0 aliphatic heterocycles. The number of nitrogens with zero attached hydrogens (tertiary/aromatic N) is 3. The first kappa shape index (κ1) is 16.3. The monoisotopic (exact) mass is 340 g/mol. The van der Waals surface area contributed by atoms with Crippen molar-refractivity contribution >= 4 is 23.1 Å². The van der Waals surface area contributed by atoms with Crippen molar-refractivity contribution in [3.8, 4) is 11.1 Å². The number of rotatable bonds is 6. The van der Waals surface area contributed by atoms with Gasteiger partial charge in [-0.3, -0.25) is 0 Å². The van der Waals surface area contributed by atoms with E-state index in [0.717, 1.165) is 24.2 Å². The molecule has 0 spiro atoms. The molecule has 1 aromatic carbocycles. The number of carbonyl (C=O) groups is 1. The first-order valence-corrected chi connectivity index (χ1v) is 8.77. The number of benzene rings is 1. The summed E-state index contributed by atoms with van der Waals surface area (Å²) in [4.78, 5) is 18.0. The Bertz CT molecular complexity index is 768. The highest BCUT2D eigenvalue weighted by molar-refractivity contribution is 7.08. The fraction of sp³-hybridized carbons (Fsp3) is 0.222. The lowest BCUT2D eigenvalue weighted by Crippen LogP contribution is -2.32. The zero-order valence-corrected chi connectivity index (χ0v) is 14.4. The number of imidazole rings is 1. The molecule has 6 heteroatoms. The SMILES string of the molecule is CN(CCCn1ccnc1)C(=O)Nc1cccc(-c2ccsc2)c1. The van der Waals surface area contributed by atoms with Crippen LogP contribution in [0.3, 0.4) is 0 Å². The quantitative estimate of drug-likeness (QED) is 0.732. The molecule has 3 rings (SSSR count). The minimum atomic E-state index is -0.0944. The van der Waals surface area contributed by atoms with Crippen LogP contribution in [-0.4, -0.2) is 34.1 Å². The molecule has 2 amide bonds. The third-order valence-corrected chi connectivity index (χ3v) is 4.47. The van der Waals surface area contributed by atoms with Crippen molar-refractivity contribution in [2.45, 2.75) is 13.0 Å². The molecule has 5 nitrogen and oxygen atoms in total. The second-order valence-electron chi connectivity index (χ2n) is 5.60. The van der Waals surface area contributed by atoms with Gasteiger partial charge in [0.25, 0.3) is 0 Å². The summed E-state index contributed by atoms with van der Waals surface area (Å²) >= 11 is 1.66. The Balaban J connectivity index is 1.53. The van der Waals surface area contributed by atoms with Gasteiger partial charge in [-0.15, -0.1) is 0 Å². The summed E-state index contributed by atoms with van der Waals surface area (Å²) < 4.78 is 2.01. The van der Waals surface area contributed by atoms with E-state index in [4.69, 9.17) is 0 Å². The van der Waals surface area contributed by atoms with Crippen molar-refractivity contribution in [1.82, 2.24) is 14.5 Å². The molecule has 0 saturated carbocycles. The standard InChI is InChI=1S/C18H20N4OS/c1-21(8-3-9-22-10-7-19-14-22)18(23)20-17-5-2-4-15(12-17)16-6-11-24-13-16/h2,4-7,10-14H,3,8-9H2,1H3,(H,20,23). The third kappa shape index (κ3) is 4.23. The van der Waals surface area contributed by atoms with Gasteiger partial charge in [0.15, 0.2) is 0 Å². The van der Waals surface area contributed by atoms with E-state index in [-0.39, 0.29) is 6.03 Å². The number of hydrogen-bond acceptors (Lipinski definition) is 3. The number of amides is 2. The average Bonchev–Trinajstić information content (AvgIpc) is 3.29. The molecule has 0 unspecified atom stereocenters. The summed E-state index contributed by atoms with van der Waals surface area (Å²) in [6.07, 6.45) is 6.36. The molecule has 0 radical (unpaired) electrons. The van der Waals surface area contributed by atoms with Crippen molar-refractivity contribution in [3.05, 3.63) is 59.8 Å². The van der Waals surface area contributed by atoms with E-state index in [1.165, 1.54) is 5.56 Å². The van der Waals surface area contributed by atoms with Gasteiger partial charge in [-0.1, -0.05) is 12.1 Å². The number of hydrogen-bond donors (Lipinski definition) is 1. The predicted molar refractivity (Wildman–Crippen MR) is 98.2 cm³/mol. The van der Waals surface area contributed by atoms with E-state index in [2.05, 4.69) is 27.1 Å². The van der Waals surface area contributed by atoms with E-state index in [1.54, 1.807) is 28.8 Å². The van der Waals surface area contributed by atoms with E-state index >= 15 is 0 Å². The Morgan fingerprint density at radius 3 is 3.00 bits per heavy atom. The highest BCUT2D eigenvalue weighted by atomic mass is 32.1. The maximum absolute atomic E-state index is 12.3. The van der Waals surface area contributed by atoms with E-state index in [1.807, 2.05) is 42.1 Å². The number of thiophene rings is 1. The molecule has 0 bridgehead atoms. The first-order valence-electron chi connectivity index (χ1n) is 7.83. The van der Waals surface area contributed by atoms with Gasteiger partial charge in [-0.2, -0.15) is 11.3 Å². The van der Waals surface area contributed by atoms with Crippen molar-refractivity contribution in [2.24, 2.45) is 0 Å². The summed E-state index contributed by atoms with van der Waals surface area (Å²) in [5.41, 5.74) is 3.09. The van der Waals surface area contributed by atoms with Gasteiger partial charge in [0.1, 0.15) is 0 Å². The van der Waals surface area contributed by atoms with E-state index in [9.17, 15) is 4.79 Å². The molecule has 0 aliphatic rings. The van der Waals surface area contributed by atoms with Crippen LogP contribution in [0.15, 0.2) is 59.8 Å². The van der Waals surface area contributed by atoms with Crippen LogP contribution in [0.5, 0.6) is 0 Å². The number of carbonyl (C=O) groups excluding carboxylic acids is 1. The lowest BCUT2D eigenvalue weighted by molar-refractivity contribution is 0.221. The molecule has 1 N–H and O–H groups in total. The van der Waals surface area contributed by atoms with Gasteiger partial charge >= 0.3 is 6.03 Å². The topological polar surface area (TPSA) is 50.2 Å². The molecule has 124 valence electrons. The minimum Gasteiger partial charge on any atom is -0.337 e. The zero-order valence-electron chi connectivity index (χ0n) is 13.6. The maximum Gasteiger partial charge on any atom is 0.321 e. The zero-order chi connectivity index (χ0) is 16.8. The van der Waals surface area contributed by atoms with E-state index < -0.39 is 0 Å². The van der Waals surface area contributed by atoms with Crippen LogP contribution >= 0.6 is 11.3 Å². The van der Waals surface area contributed by atoms with Gasteiger partial charge in [-0.05, 0) is 46.5 Å². The van der Waals surface area contributed by atoms with Crippen LogP contribution in [0.1, 0.15) is 6.42 Å². The normalized spacial score (nSPS) is 10.5. The summed E-state index contributed by atoms with van der Waals surface area (Å²) in [7, 11) is 1.81. The molecule has 3 aromatic rings. The van der Waals surface area contributed by atoms with Crippen LogP contribution in [0, 0.1) is 0 Å². The van der Waals surface area contributed by atoms with Crippen LogP contribution in [-0.2, 0) is 6.54 Å². The Morgan fingerprint density at radius 2 is 2.25 bits per heavy atom. The minimum absolute atomic E-state index is 0.0944. The molecular formula is C18H20N4OS. The summed E-state index contributed by atoms with van der Waals surface area (Å²) in [5, 5.41) is 7.11. The fourth-order valence-electron chi connectivity index (χ4n) is 2.44. The number of urea groups is 1. The number of aromatic nitrogens is 2. The largest absolute Gasteiger partial charge is 0.337 e. The van der Waals surface area contributed by atoms with Crippen LogP contribution < -0.4 is 5.32 Å². The Labute approximate surface area is 145 Å². The number of nitrogens with one attached hydrogen (secondary N) is 1. The fourth-order valence-corrected chi connectivity index (χ4v) is 3.10. The predicted octanol–water partition coefficient (Wildman–Crippen LogP) is 4.17. The second-order valence-corrected chi connectivity index (χ2v) is 6.38. The maximum atomic E-state index is 12.3. The average molecular weight is 340 g/mol. The summed E-state index contributed by atoms with van der Waals surface area (Å²) in [5.74, 6) is 0. The van der Waals surface area contributed by atoms with Gasteiger partial charge in [0.2, 0.25) is 0 Å². The Kier molecular flexibility index (Phi) is 5.28. The number of aryl methyl sites for hydroxylation is 1. The number of anilines is 1. The van der Waals surface area contributed by atoms with Gasteiger partial charge < -0.3 is 14.8 Å². The van der Waals surface area contributed by atoms with Gasteiger partial charge in [-0.25, -0.2) is 9.78 Å². The lowest BCUT2D eigenvalue weighted by Gasteiger charge is -2.18. The molecule has 2 heterocycles. The van der Waals surface area contributed by atoms with Crippen molar-refractivity contribution in [1.29, 1.82) is 0 Å². The summed E-state index contributed by atoms with van der Waals surface area (Å²) in [6.45, 7) is 1.54. The van der Waals surface area contributed by atoms with Crippen molar-refractivity contribution in [2.75, 3.05) is 18.9 Å². The second kappa shape index (κ2) is 7.79. The molecular weight excluding hydrogens is 320 g/mol. The molecule has 24 heavy (non-hydrogen) atoms. The molecule has 2 aromatic heterocycles. The molecule has 0 fully saturated rings. The molecule has 0 saturated heterocycles. The van der Waals surface area contributed by atoms with Gasteiger partial charge in [0, 0.05) is 38.2 Å². The van der Waals surface area contributed by atoms with E-state index in [0.29, 0.717) is 6.54 Å². The molecule has 0 aliphatic carbocycles. The Morgan fingerprint density at radius 1 is 1.33 bits per heavy atom. The third-order valence-electron chi connectivity index (χ3n) is 3.78. The lowest BCUT2D eigenvalue weighted by atomic mass is 10.1. The van der Waals surface area contributed by atoms with Crippen LogP contribution in [0.4, 0.5) is 10.5 Å². The summed E-state index contributed by atoms with van der Waals surface area (Å²) in [6, 6.07) is 9.90. The molecule has 0 atom stereocenters.